The quantitative estimate of drug-likeness (QED) is 0.469. The Hall–Kier alpha value is -0.830. The van der Waals surface area contributed by atoms with Gasteiger partial charge in [0.1, 0.15) is 0 Å². The van der Waals surface area contributed by atoms with E-state index in [9.17, 15) is 4.79 Å². The molecule has 0 bridgehead atoms. The largest absolute Gasteiger partial charge is 0.469 e. The van der Waals surface area contributed by atoms with Crippen molar-refractivity contribution in [1.29, 1.82) is 0 Å². The molecule has 0 aliphatic heterocycles. The normalized spacial score (nSPS) is 13.2. The topological polar surface area (TPSA) is 35.5 Å². The van der Waals surface area contributed by atoms with Crippen molar-refractivity contribution >= 4 is 5.97 Å². The molecule has 0 aromatic carbocycles. The molecule has 0 fully saturated rings. The van der Waals surface area contributed by atoms with Crippen molar-refractivity contribution in [3.63, 3.8) is 0 Å². The molecule has 13 heavy (non-hydrogen) atoms. The van der Waals surface area contributed by atoms with Crippen LogP contribution in [0.25, 0.3) is 0 Å². The number of methoxy groups -OCH3 is 2. The fourth-order valence-electron chi connectivity index (χ4n) is 0.805. The number of carbonyl (C=O) groups excluding carboxylic acids is 1. The van der Waals surface area contributed by atoms with Crippen LogP contribution in [0, 0.1) is 0 Å². The number of esters is 1. The van der Waals surface area contributed by atoms with E-state index < -0.39 is 0 Å². The predicted molar refractivity (Wildman–Crippen MR) is 51.5 cm³/mol. The second-order valence-corrected chi connectivity index (χ2v) is 2.87. The van der Waals surface area contributed by atoms with Crippen molar-refractivity contribution in [2.75, 3.05) is 14.2 Å². The molecule has 1 atom stereocenters. The predicted octanol–water partition coefficient (Wildman–Crippen LogP) is 1.92. The molecule has 3 heteroatoms. The number of hydrogen-bond donors (Lipinski definition) is 0. The van der Waals surface area contributed by atoms with Crippen molar-refractivity contribution < 1.29 is 14.3 Å². The lowest BCUT2D eigenvalue weighted by molar-refractivity contribution is -0.140. The molecule has 0 spiro atoms. The van der Waals surface area contributed by atoms with E-state index in [1.54, 1.807) is 7.11 Å². The maximum atomic E-state index is 10.7. The van der Waals surface area contributed by atoms with E-state index in [2.05, 4.69) is 4.74 Å². The minimum atomic E-state index is -0.163. The van der Waals surface area contributed by atoms with E-state index in [1.165, 1.54) is 7.11 Å². The molecule has 0 heterocycles. The van der Waals surface area contributed by atoms with Crippen molar-refractivity contribution in [3.05, 3.63) is 12.2 Å². The smallest absolute Gasteiger partial charge is 0.305 e. The summed E-state index contributed by atoms with van der Waals surface area (Å²) >= 11 is 0. The number of rotatable bonds is 6. The highest BCUT2D eigenvalue weighted by atomic mass is 16.5. The van der Waals surface area contributed by atoms with Crippen LogP contribution in [0.3, 0.4) is 0 Å². The molecule has 0 N–H and O–H groups in total. The van der Waals surface area contributed by atoms with Gasteiger partial charge in [-0.25, -0.2) is 0 Å². The van der Waals surface area contributed by atoms with Crippen molar-refractivity contribution in [2.45, 2.75) is 32.3 Å². The first kappa shape index (κ1) is 12.2. The Bertz CT molecular complexity index is 164. The third-order valence-corrected chi connectivity index (χ3v) is 1.78. The van der Waals surface area contributed by atoms with Crippen LogP contribution in [-0.2, 0) is 14.3 Å². The summed E-state index contributed by atoms with van der Waals surface area (Å²) in [7, 11) is 3.09. The summed E-state index contributed by atoms with van der Waals surface area (Å²) in [6.07, 6.45) is 6.33. The van der Waals surface area contributed by atoms with Gasteiger partial charge in [-0.05, 0) is 19.8 Å². The molecule has 0 aliphatic rings. The maximum Gasteiger partial charge on any atom is 0.305 e. The zero-order chi connectivity index (χ0) is 10.1. The fourth-order valence-corrected chi connectivity index (χ4v) is 0.805. The van der Waals surface area contributed by atoms with E-state index in [1.807, 2.05) is 19.1 Å². The molecule has 1 unspecified atom stereocenters. The third-order valence-electron chi connectivity index (χ3n) is 1.78. The van der Waals surface area contributed by atoms with E-state index in [-0.39, 0.29) is 12.1 Å². The maximum absolute atomic E-state index is 10.7. The van der Waals surface area contributed by atoms with Gasteiger partial charge >= 0.3 is 5.97 Å². The fraction of sp³-hybridized carbons (Fsp3) is 0.700. The molecular formula is C10H18O3. The Labute approximate surface area is 79.7 Å². The van der Waals surface area contributed by atoms with Gasteiger partial charge in [0.05, 0.1) is 13.2 Å². The van der Waals surface area contributed by atoms with Crippen LogP contribution in [0.2, 0.25) is 0 Å². The lowest BCUT2D eigenvalue weighted by atomic mass is 10.2. The first-order chi connectivity index (χ1) is 6.20. The molecule has 0 amide bonds. The summed E-state index contributed by atoms with van der Waals surface area (Å²) in [5, 5.41) is 0. The number of allylic oxidation sites excluding steroid dienone is 1. The second-order valence-electron chi connectivity index (χ2n) is 2.87. The van der Waals surface area contributed by atoms with E-state index in [0.717, 1.165) is 12.8 Å². The average molecular weight is 186 g/mol. The van der Waals surface area contributed by atoms with Crippen molar-refractivity contribution in [2.24, 2.45) is 0 Å². The zero-order valence-electron chi connectivity index (χ0n) is 8.58. The lowest BCUT2D eigenvalue weighted by Gasteiger charge is -2.03. The Kier molecular flexibility index (Phi) is 7.30. The number of ether oxygens (including phenoxy) is 2. The van der Waals surface area contributed by atoms with Gasteiger partial charge < -0.3 is 9.47 Å². The molecule has 0 rings (SSSR count). The van der Waals surface area contributed by atoms with Crippen LogP contribution in [0.4, 0.5) is 0 Å². The molecule has 0 aliphatic carbocycles. The van der Waals surface area contributed by atoms with Gasteiger partial charge in [0.25, 0.3) is 0 Å². The highest BCUT2D eigenvalue weighted by molar-refractivity contribution is 5.69. The number of carbonyl (C=O) groups is 1. The van der Waals surface area contributed by atoms with Gasteiger partial charge in [-0.15, -0.1) is 0 Å². The first-order valence-electron chi connectivity index (χ1n) is 4.45. The summed E-state index contributed by atoms with van der Waals surface area (Å²) in [5.41, 5.74) is 0. The first-order valence-corrected chi connectivity index (χ1v) is 4.45. The van der Waals surface area contributed by atoms with E-state index >= 15 is 0 Å². The van der Waals surface area contributed by atoms with Crippen molar-refractivity contribution in [3.8, 4) is 0 Å². The minimum absolute atomic E-state index is 0.163. The summed E-state index contributed by atoms with van der Waals surface area (Å²) in [6, 6.07) is 0. The number of hydrogen-bond acceptors (Lipinski definition) is 3. The summed E-state index contributed by atoms with van der Waals surface area (Å²) in [5.74, 6) is -0.163. The summed E-state index contributed by atoms with van der Waals surface area (Å²) in [4.78, 5) is 10.7. The Morgan fingerprint density at radius 1 is 1.38 bits per heavy atom. The average Bonchev–Trinajstić information content (AvgIpc) is 2.16. The van der Waals surface area contributed by atoms with Crippen LogP contribution in [-0.4, -0.2) is 26.3 Å². The van der Waals surface area contributed by atoms with Crippen LogP contribution < -0.4 is 0 Å². The standard InChI is InChI=1S/C10H18O3/c1-9(12-2)7-5-4-6-8-10(11)13-3/h4-5,9H,6-8H2,1-3H3. The highest BCUT2D eigenvalue weighted by Gasteiger charge is 1.96. The molecule has 3 nitrogen and oxygen atoms in total. The van der Waals surface area contributed by atoms with E-state index in [0.29, 0.717) is 6.42 Å². The van der Waals surface area contributed by atoms with Gasteiger partial charge in [-0.2, -0.15) is 0 Å². The van der Waals surface area contributed by atoms with E-state index in [4.69, 9.17) is 4.74 Å². The molecule has 0 radical (unpaired) electrons. The molecule has 0 aromatic heterocycles. The monoisotopic (exact) mass is 186 g/mol. The van der Waals surface area contributed by atoms with Crippen LogP contribution in [0.5, 0.6) is 0 Å². The Morgan fingerprint density at radius 3 is 2.62 bits per heavy atom. The Morgan fingerprint density at radius 2 is 2.08 bits per heavy atom. The van der Waals surface area contributed by atoms with Gasteiger partial charge in [0.15, 0.2) is 0 Å². The molecule has 0 saturated heterocycles. The third kappa shape index (κ3) is 7.53. The van der Waals surface area contributed by atoms with Crippen LogP contribution in [0.1, 0.15) is 26.2 Å². The summed E-state index contributed by atoms with van der Waals surface area (Å²) < 4.78 is 9.56. The molecule has 0 aromatic rings. The lowest BCUT2D eigenvalue weighted by Crippen LogP contribution is -2.02. The van der Waals surface area contributed by atoms with Crippen molar-refractivity contribution in [1.82, 2.24) is 0 Å². The molecule has 76 valence electrons. The highest BCUT2D eigenvalue weighted by Crippen LogP contribution is 1.99. The molecular weight excluding hydrogens is 168 g/mol. The minimum Gasteiger partial charge on any atom is -0.469 e. The van der Waals surface area contributed by atoms with Gasteiger partial charge in [-0.1, -0.05) is 12.2 Å². The Balaban J connectivity index is 3.36. The van der Waals surface area contributed by atoms with Gasteiger partial charge in [-0.3, -0.25) is 4.79 Å². The van der Waals surface area contributed by atoms with Gasteiger partial charge in [0, 0.05) is 13.5 Å². The second kappa shape index (κ2) is 7.80. The van der Waals surface area contributed by atoms with Crippen LogP contribution >= 0.6 is 0 Å². The van der Waals surface area contributed by atoms with Gasteiger partial charge in [0.2, 0.25) is 0 Å². The zero-order valence-corrected chi connectivity index (χ0v) is 8.58. The summed E-state index contributed by atoms with van der Waals surface area (Å²) in [6.45, 7) is 2.00. The molecule has 0 saturated carbocycles. The van der Waals surface area contributed by atoms with Crippen LogP contribution in [0.15, 0.2) is 12.2 Å². The SMILES string of the molecule is COC(=O)CCC=CCC(C)OC.